The van der Waals surface area contributed by atoms with Crippen LogP contribution in [0.5, 0.6) is 0 Å². The van der Waals surface area contributed by atoms with E-state index < -0.39 is 0 Å². The van der Waals surface area contributed by atoms with Gasteiger partial charge in [0.2, 0.25) is 0 Å². The van der Waals surface area contributed by atoms with Gasteiger partial charge in [0.1, 0.15) is 11.3 Å². The van der Waals surface area contributed by atoms with E-state index >= 15 is 0 Å². The largest absolute Gasteiger partial charge is 0.459 e. The van der Waals surface area contributed by atoms with Crippen LogP contribution in [0.3, 0.4) is 0 Å². The van der Waals surface area contributed by atoms with Crippen molar-refractivity contribution in [3.05, 3.63) is 35.1 Å². The van der Waals surface area contributed by atoms with E-state index in [1.165, 1.54) is 16.5 Å². The third kappa shape index (κ3) is 2.44. The molecule has 0 bridgehead atoms. The molecule has 1 heterocycles. The van der Waals surface area contributed by atoms with Gasteiger partial charge in [-0.2, -0.15) is 0 Å². The van der Waals surface area contributed by atoms with Crippen LogP contribution in [0.2, 0.25) is 0 Å². The summed E-state index contributed by atoms with van der Waals surface area (Å²) >= 11 is 0. The highest BCUT2D eigenvalue weighted by molar-refractivity contribution is 5.85. The third-order valence-electron chi connectivity index (χ3n) is 3.31. The average Bonchev–Trinajstić information content (AvgIpc) is 2.69. The lowest BCUT2D eigenvalue weighted by atomic mass is 9.85. The van der Waals surface area contributed by atoms with Crippen molar-refractivity contribution in [3.8, 4) is 0 Å². The summed E-state index contributed by atoms with van der Waals surface area (Å²) in [6, 6.07) is 6.55. The molecule has 1 aromatic heterocycles. The van der Waals surface area contributed by atoms with Gasteiger partial charge in [0.25, 0.3) is 0 Å². The average molecular weight is 245 g/mol. The van der Waals surface area contributed by atoms with Crippen LogP contribution < -0.4 is 5.32 Å². The first-order valence-electron chi connectivity index (χ1n) is 6.66. The lowest BCUT2D eigenvalue weighted by molar-refractivity contribution is 0.505. The molecule has 1 N–H and O–H groups in total. The molecular formula is C16H23NO. The van der Waals surface area contributed by atoms with Crippen molar-refractivity contribution in [2.75, 3.05) is 6.54 Å². The van der Waals surface area contributed by atoms with Crippen molar-refractivity contribution in [2.24, 2.45) is 0 Å². The molecule has 0 aliphatic carbocycles. The summed E-state index contributed by atoms with van der Waals surface area (Å²) in [6.45, 7) is 12.7. The fourth-order valence-corrected chi connectivity index (χ4v) is 2.23. The van der Waals surface area contributed by atoms with Crippen molar-refractivity contribution < 1.29 is 4.42 Å². The molecule has 0 spiro atoms. The maximum atomic E-state index is 6.05. The molecule has 2 aromatic rings. The van der Waals surface area contributed by atoms with Crippen molar-refractivity contribution in [2.45, 2.75) is 46.6 Å². The molecule has 0 unspecified atom stereocenters. The van der Waals surface area contributed by atoms with Gasteiger partial charge in [0, 0.05) is 10.9 Å². The Kier molecular flexibility index (Phi) is 3.49. The summed E-state index contributed by atoms with van der Waals surface area (Å²) in [5, 5.41) is 4.56. The smallest absolute Gasteiger partial charge is 0.138 e. The Morgan fingerprint density at radius 3 is 2.56 bits per heavy atom. The highest BCUT2D eigenvalue weighted by Gasteiger charge is 2.20. The number of aryl methyl sites for hydroxylation is 1. The Labute approximate surface area is 109 Å². The minimum absolute atomic E-state index is 0.110. The Bertz CT molecular complexity index is 546. The number of benzene rings is 1. The molecular weight excluding hydrogens is 222 g/mol. The molecule has 2 rings (SSSR count). The number of furan rings is 1. The Balaban J connectivity index is 2.55. The van der Waals surface area contributed by atoms with Gasteiger partial charge in [-0.3, -0.25) is 0 Å². The monoisotopic (exact) mass is 245 g/mol. The lowest BCUT2D eigenvalue weighted by Gasteiger charge is -2.19. The van der Waals surface area contributed by atoms with Gasteiger partial charge in [-0.25, -0.2) is 0 Å². The maximum Gasteiger partial charge on any atom is 0.138 e. The maximum absolute atomic E-state index is 6.05. The molecule has 0 aliphatic rings. The molecule has 0 saturated heterocycles. The molecule has 0 saturated carbocycles. The predicted molar refractivity (Wildman–Crippen MR) is 77.0 cm³/mol. The van der Waals surface area contributed by atoms with Crippen molar-refractivity contribution >= 4 is 11.0 Å². The lowest BCUT2D eigenvalue weighted by Crippen LogP contribution is -2.11. The van der Waals surface area contributed by atoms with Crippen LogP contribution in [0.1, 0.15) is 44.6 Å². The van der Waals surface area contributed by atoms with E-state index in [0.29, 0.717) is 0 Å². The molecule has 2 nitrogen and oxygen atoms in total. The van der Waals surface area contributed by atoms with Crippen molar-refractivity contribution in [1.82, 2.24) is 5.32 Å². The normalized spacial score (nSPS) is 12.3. The Morgan fingerprint density at radius 2 is 1.94 bits per heavy atom. The number of fused-ring (bicyclic) bond motifs is 1. The zero-order valence-electron chi connectivity index (χ0n) is 12.1. The summed E-state index contributed by atoms with van der Waals surface area (Å²) in [4.78, 5) is 0. The second-order valence-corrected chi connectivity index (χ2v) is 5.92. The van der Waals surface area contributed by atoms with Gasteiger partial charge in [-0.05, 0) is 30.5 Å². The van der Waals surface area contributed by atoms with Gasteiger partial charge in [0.15, 0.2) is 0 Å². The minimum atomic E-state index is 0.110. The van der Waals surface area contributed by atoms with E-state index in [4.69, 9.17) is 4.42 Å². The van der Waals surface area contributed by atoms with Gasteiger partial charge in [-0.1, -0.05) is 39.8 Å². The summed E-state index contributed by atoms with van der Waals surface area (Å²) in [5.74, 6) is 1.02. The second-order valence-electron chi connectivity index (χ2n) is 5.92. The van der Waals surface area contributed by atoms with Crippen LogP contribution in [0.4, 0.5) is 0 Å². The molecule has 0 atom stereocenters. The topological polar surface area (TPSA) is 25.2 Å². The number of rotatable bonds is 3. The quantitative estimate of drug-likeness (QED) is 0.878. The second kappa shape index (κ2) is 4.77. The summed E-state index contributed by atoms with van der Waals surface area (Å²) in [7, 11) is 0. The first-order chi connectivity index (χ1) is 8.43. The summed E-state index contributed by atoms with van der Waals surface area (Å²) in [5.41, 5.74) is 3.73. The minimum Gasteiger partial charge on any atom is -0.459 e. The van der Waals surface area contributed by atoms with E-state index in [1.54, 1.807) is 0 Å². The Morgan fingerprint density at radius 1 is 1.22 bits per heavy atom. The zero-order valence-corrected chi connectivity index (χ0v) is 12.1. The Hall–Kier alpha value is -1.28. The third-order valence-corrected chi connectivity index (χ3v) is 3.31. The highest BCUT2D eigenvalue weighted by atomic mass is 16.3. The van der Waals surface area contributed by atoms with Crippen molar-refractivity contribution in [3.63, 3.8) is 0 Å². The SMILES string of the molecule is CCNCc1cc2c(C)ccc(C(C)(C)C)c2o1. The standard InChI is InChI=1S/C16H23NO/c1-6-17-10-12-9-13-11(2)7-8-14(15(13)18-12)16(3,4)5/h7-9,17H,6,10H2,1-5H3. The summed E-state index contributed by atoms with van der Waals surface area (Å²) in [6.07, 6.45) is 0. The molecule has 2 heteroatoms. The molecule has 1 aromatic carbocycles. The number of nitrogens with one attached hydrogen (secondary N) is 1. The number of hydrogen-bond acceptors (Lipinski definition) is 2. The van der Waals surface area contributed by atoms with Crippen molar-refractivity contribution in [1.29, 1.82) is 0 Å². The molecule has 0 radical (unpaired) electrons. The van der Waals surface area contributed by atoms with Gasteiger partial charge in [0.05, 0.1) is 6.54 Å². The van der Waals surface area contributed by atoms with E-state index in [2.05, 4.69) is 58.1 Å². The first-order valence-corrected chi connectivity index (χ1v) is 6.66. The van der Waals surface area contributed by atoms with E-state index in [1.807, 2.05) is 0 Å². The van der Waals surface area contributed by atoms with Gasteiger partial charge in [-0.15, -0.1) is 0 Å². The fraction of sp³-hybridized carbons (Fsp3) is 0.500. The fourth-order valence-electron chi connectivity index (χ4n) is 2.23. The van der Waals surface area contributed by atoms with Crippen LogP contribution in [0, 0.1) is 6.92 Å². The van der Waals surface area contributed by atoms with Crippen LogP contribution >= 0.6 is 0 Å². The number of hydrogen-bond donors (Lipinski definition) is 1. The van der Waals surface area contributed by atoms with Crippen LogP contribution in [-0.2, 0) is 12.0 Å². The first kappa shape index (κ1) is 13.2. The van der Waals surface area contributed by atoms with Crippen LogP contribution in [-0.4, -0.2) is 6.54 Å². The predicted octanol–water partition coefficient (Wildman–Crippen LogP) is 4.15. The molecule has 0 aliphatic heterocycles. The molecule has 18 heavy (non-hydrogen) atoms. The van der Waals surface area contributed by atoms with E-state index in [9.17, 15) is 0 Å². The van der Waals surface area contributed by atoms with Crippen LogP contribution in [0.25, 0.3) is 11.0 Å². The zero-order chi connectivity index (χ0) is 13.3. The summed E-state index contributed by atoms with van der Waals surface area (Å²) < 4.78 is 6.05. The molecule has 0 fully saturated rings. The highest BCUT2D eigenvalue weighted by Crippen LogP contribution is 2.33. The van der Waals surface area contributed by atoms with E-state index in [-0.39, 0.29) is 5.41 Å². The van der Waals surface area contributed by atoms with E-state index in [0.717, 1.165) is 24.4 Å². The van der Waals surface area contributed by atoms with Gasteiger partial charge < -0.3 is 9.73 Å². The molecule has 98 valence electrons. The van der Waals surface area contributed by atoms with Crippen LogP contribution in [0.15, 0.2) is 22.6 Å². The van der Waals surface area contributed by atoms with Gasteiger partial charge >= 0.3 is 0 Å². The molecule has 0 amide bonds.